The van der Waals surface area contributed by atoms with Crippen LogP contribution in [0, 0.1) is 12.3 Å². The van der Waals surface area contributed by atoms with Gasteiger partial charge in [-0.15, -0.1) is 6.42 Å². The van der Waals surface area contributed by atoms with E-state index in [0.717, 1.165) is 9.86 Å². The fourth-order valence-corrected chi connectivity index (χ4v) is 4.88. The van der Waals surface area contributed by atoms with Gasteiger partial charge in [-0.3, -0.25) is 4.79 Å². The van der Waals surface area contributed by atoms with E-state index in [1.165, 1.54) is 10.9 Å². The van der Waals surface area contributed by atoms with Gasteiger partial charge in [0.25, 0.3) is 5.56 Å². The number of para-hydroxylation sites is 1. The summed E-state index contributed by atoms with van der Waals surface area (Å²) < 4.78 is 20.0. The van der Waals surface area contributed by atoms with Crippen molar-refractivity contribution >= 4 is 71.5 Å². The third kappa shape index (κ3) is 4.95. The van der Waals surface area contributed by atoms with E-state index in [1.807, 2.05) is 37.3 Å². The van der Waals surface area contributed by atoms with E-state index in [-0.39, 0.29) is 23.0 Å². The number of hydrogen-bond donors (Lipinski definition) is 0. The second-order valence-corrected chi connectivity index (χ2v) is 10.0. The summed E-state index contributed by atoms with van der Waals surface area (Å²) in [6.07, 6.45) is 6.83. The molecular weight excluding hydrogens is 638 g/mol. The third-order valence-corrected chi connectivity index (χ3v) is 7.46. The lowest BCUT2D eigenvalue weighted by Crippen LogP contribution is -2.20. The lowest BCUT2D eigenvalue weighted by atomic mass is 10.2. The van der Waals surface area contributed by atoms with Crippen LogP contribution in [0.4, 0.5) is 0 Å². The first-order chi connectivity index (χ1) is 18.4. The van der Waals surface area contributed by atoms with Gasteiger partial charge in [0.05, 0.1) is 23.7 Å². The molecule has 0 unspecified atom stereocenters. The van der Waals surface area contributed by atoms with Crippen LogP contribution in [0.2, 0.25) is 5.02 Å². The molecule has 3 aromatic carbocycles. The van der Waals surface area contributed by atoms with Gasteiger partial charge >= 0.3 is 0 Å². The van der Waals surface area contributed by atoms with Crippen molar-refractivity contribution in [1.82, 2.24) is 9.66 Å². The zero-order valence-corrected chi connectivity index (χ0v) is 23.8. The molecule has 2 heterocycles. The van der Waals surface area contributed by atoms with Crippen LogP contribution in [-0.2, 0) is 0 Å². The Kier molecular flexibility index (Phi) is 7.56. The standard InChI is InChI=1S/C28H18Br2ClN3O4/c1-3-11-37-26-22(36-4-2)14-17(24(30)25(26)31)15-32-34-27(33-20-8-6-5-7-19(20)28(34)35)23-13-16-12-18(29)9-10-21(16)38-23/h1,5-10,12-15H,4,11H2,2H3. The van der Waals surface area contributed by atoms with Gasteiger partial charge in [0, 0.05) is 19.9 Å². The van der Waals surface area contributed by atoms with Crippen LogP contribution in [0.5, 0.6) is 11.5 Å². The smallest absolute Gasteiger partial charge is 0.282 e. The summed E-state index contributed by atoms with van der Waals surface area (Å²) >= 11 is 13.5. The molecule has 0 atom stereocenters. The van der Waals surface area contributed by atoms with Gasteiger partial charge in [-0.25, -0.2) is 4.98 Å². The zero-order chi connectivity index (χ0) is 26.8. The molecule has 2 aromatic heterocycles. The van der Waals surface area contributed by atoms with Crippen LogP contribution in [0.25, 0.3) is 33.5 Å². The Bertz CT molecular complexity index is 1820. The largest absolute Gasteiger partial charge is 0.490 e. The molecule has 7 nitrogen and oxygen atoms in total. The molecule has 38 heavy (non-hydrogen) atoms. The molecule has 0 amide bonds. The molecule has 0 fully saturated rings. The molecule has 5 aromatic rings. The van der Waals surface area contributed by atoms with Crippen molar-refractivity contribution in [3.63, 3.8) is 0 Å². The summed E-state index contributed by atoms with van der Waals surface area (Å²) in [7, 11) is 0. The monoisotopic (exact) mass is 653 g/mol. The number of furan rings is 1. The van der Waals surface area contributed by atoms with E-state index in [9.17, 15) is 4.79 Å². The van der Waals surface area contributed by atoms with Crippen LogP contribution < -0.4 is 15.0 Å². The molecule has 10 heteroatoms. The van der Waals surface area contributed by atoms with Crippen molar-refractivity contribution in [1.29, 1.82) is 0 Å². The van der Waals surface area contributed by atoms with Crippen molar-refractivity contribution in [2.75, 3.05) is 13.2 Å². The third-order valence-electron chi connectivity index (χ3n) is 5.52. The maximum Gasteiger partial charge on any atom is 0.282 e. The molecule has 0 radical (unpaired) electrons. The number of nitrogens with zero attached hydrogens (tertiary/aromatic N) is 3. The highest BCUT2D eigenvalue weighted by Gasteiger charge is 2.19. The van der Waals surface area contributed by atoms with Crippen molar-refractivity contribution in [3.8, 4) is 35.4 Å². The molecular formula is C28H18Br2ClN3O4. The van der Waals surface area contributed by atoms with Gasteiger partial charge in [-0.1, -0.05) is 45.6 Å². The summed E-state index contributed by atoms with van der Waals surface area (Å²) in [5.74, 6) is 3.76. The number of aromatic nitrogens is 2. The number of rotatable bonds is 7. The SMILES string of the molecule is C#CCOc1c(OCC)cc(C=Nn2c(-c3cc4cc(Br)ccc4o3)nc3ccccc3c2=O)c(Br)c1Cl. The van der Waals surface area contributed by atoms with E-state index in [1.54, 1.807) is 24.3 Å². The Morgan fingerprint density at radius 2 is 2.00 bits per heavy atom. The maximum atomic E-state index is 13.6. The first kappa shape index (κ1) is 26.0. The van der Waals surface area contributed by atoms with Crippen LogP contribution in [0.1, 0.15) is 12.5 Å². The van der Waals surface area contributed by atoms with Crippen LogP contribution in [0.3, 0.4) is 0 Å². The summed E-state index contributed by atoms with van der Waals surface area (Å²) in [4.78, 5) is 18.3. The highest BCUT2D eigenvalue weighted by Crippen LogP contribution is 2.42. The maximum absolute atomic E-state index is 13.6. The lowest BCUT2D eigenvalue weighted by Gasteiger charge is -2.15. The van der Waals surface area contributed by atoms with Crippen LogP contribution >= 0.6 is 43.5 Å². The Labute approximate surface area is 239 Å². The van der Waals surface area contributed by atoms with E-state index in [0.29, 0.717) is 50.4 Å². The van der Waals surface area contributed by atoms with E-state index in [4.69, 9.17) is 36.9 Å². The fourth-order valence-electron chi connectivity index (χ4n) is 3.84. The molecule has 0 N–H and O–H groups in total. The minimum absolute atomic E-state index is 0.0231. The Morgan fingerprint density at radius 1 is 1.18 bits per heavy atom. The number of ether oxygens (including phenoxy) is 2. The topological polar surface area (TPSA) is 78.8 Å². The molecule has 5 rings (SSSR count). The predicted molar refractivity (Wildman–Crippen MR) is 157 cm³/mol. The van der Waals surface area contributed by atoms with Crippen molar-refractivity contribution in [3.05, 3.63) is 84.5 Å². The van der Waals surface area contributed by atoms with E-state index >= 15 is 0 Å². The number of terminal acetylenes is 1. The van der Waals surface area contributed by atoms with Gasteiger partial charge in [0.15, 0.2) is 17.3 Å². The van der Waals surface area contributed by atoms with E-state index in [2.05, 4.69) is 42.9 Å². The van der Waals surface area contributed by atoms with Gasteiger partial charge in [-0.2, -0.15) is 9.78 Å². The van der Waals surface area contributed by atoms with Gasteiger partial charge in [-0.05, 0) is 65.3 Å². The molecule has 0 aliphatic heterocycles. The first-order valence-corrected chi connectivity index (χ1v) is 13.3. The second-order valence-electron chi connectivity index (χ2n) is 7.95. The molecule has 190 valence electrons. The normalized spacial score (nSPS) is 11.3. The summed E-state index contributed by atoms with van der Waals surface area (Å²) in [6, 6.07) is 16.2. The average Bonchev–Trinajstić information content (AvgIpc) is 3.33. The molecule has 0 bridgehead atoms. The van der Waals surface area contributed by atoms with Crippen molar-refractivity contribution in [2.24, 2.45) is 5.10 Å². The minimum atomic E-state index is -0.357. The van der Waals surface area contributed by atoms with Crippen molar-refractivity contribution < 1.29 is 13.9 Å². The Hall–Kier alpha value is -3.58. The number of benzene rings is 3. The fraction of sp³-hybridized carbons (Fsp3) is 0.107. The van der Waals surface area contributed by atoms with Gasteiger partial charge < -0.3 is 13.9 Å². The molecule has 0 saturated carbocycles. The number of hydrogen-bond acceptors (Lipinski definition) is 6. The molecule has 0 spiro atoms. The Balaban J connectivity index is 1.69. The predicted octanol–water partition coefficient (Wildman–Crippen LogP) is 7.28. The lowest BCUT2D eigenvalue weighted by molar-refractivity contribution is 0.299. The minimum Gasteiger partial charge on any atom is -0.490 e. The second kappa shape index (κ2) is 11.0. The summed E-state index contributed by atoms with van der Waals surface area (Å²) in [5, 5.41) is 6.05. The highest BCUT2D eigenvalue weighted by molar-refractivity contribution is 9.10. The highest BCUT2D eigenvalue weighted by atomic mass is 79.9. The van der Waals surface area contributed by atoms with Crippen LogP contribution in [-0.4, -0.2) is 29.1 Å². The molecule has 0 aliphatic carbocycles. The van der Waals surface area contributed by atoms with E-state index < -0.39 is 0 Å². The number of halogens is 3. The average molecular weight is 656 g/mol. The summed E-state index contributed by atoms with van der Waals surface area (Å²) in [6.45, 7) is 2.24. The Morgan fingerprint density at radius 3 is 2.79 bits per heavy atom. The number of fused-ring (bicyclic) bond motifs is 2. The van der Waals surface area contributed by atoms with Gasteiger partial charge in [0.1, 0.15) is 17.2 Å². The first-order valence-electron chi connectivity index (χ1n) is 11.4. The molecule has 0 aliphatic rings. The quantitative estimate of drug-likeness (QED) is 0.136. The molecule has 0 saturated heterocycles. The zero-order valence-electron chi connectivity index (χ0n) is 19.9. The van der Waals surface area contributed by atoms with Crippen molar-refractivity contribution in [2.45, 2.75) is 6.92 Å². The summed E-state index contributed by atoms with van der Waals surface area (Å²) in [5.41, 5.74) is 1.37. The van der Waals surface area contributed by atoms with Crippen LogP contribution in [0.15, 0.2) is 77.9 Å². The van der Waals surface area contributed by atoms with Gasteiger partial charge in [0.2, 0.25) is 5.82 Å².